The molecule has 2 heteroatoms. The first-order valence-corrected chi connectivity index (χ1v) is 7.62. The topological polar surface area (TPSA) is 32.3 Å². The molecule has 0 aromatic heterocycles. The molecule has 0 unspecified atom stereocenters. The van der Waals surface area contributed by atoms with E-state index < -0.39 is 0 Å². The molecule has 1 saturated carbocycles. The van der Waals surface area contributed by atoms with Gasteiger partial charge in [0.2, 0.25) is 0 Å². The molecule has 0 amide bonds. The van der Waals surface area contributed by atoms with Crippen LogP contribution in [0.3, 0.4) is 0 Å². The van der Waals surface area contributed by atoms with Crippen molar-refractivity contribution < 1.29 is 5.11 Å². The van der Waals surface area contributed by atoms with E-state index in [1.54, 1.807) is 0 Å². The molecule has 0 bridgehead atoms. The number of nitrogens with one attached hydrogen (secondary N) is 1. The maximum absolute atomic E-state index is 9.60. The van der Waals surface area contributed by atoms with Gasteiger partial charge in [-0.05, 0) is 38.2 Å². The quantitative estimate of drug-likeness (QED) is 0.790. The van der Waals surface area contributed by atoms with E-state index in [-0.39, 0.29) is 5.41 Å². The first-order valence-electron chi connectivity index (χ1n) is 7.62. The fourth-order valence-corrected chi connectivity index (χ4v) is 3.04. The molecule has 2 N–H and O–H groups in total. The van der Waals surface area contributed by atoms with Gasteiger partial charge < -0.3 is 10.4 Å². The predicted octanol–water partition coefficient (Wildman–Crippen LogP) is 3.15. The van der Waals surface area contributed by atoms with Crippen LogP contribution < -0.4 is 5.32 Å². The standard InChI is InChI=1S/C17H27NO/c1-15(9-10-16-7-3-2-4-8-16)18-13-17(14-19)11-5-6-12-17/h2-4,7-8,15,18-19H,5-6,9-14H2,1H3/t15-/m1/s1. The Kier molecular flexibility index (Phi) is 5.41. The van der Waals surface area contributed by atoms with Crippen LogP contribution in [-0.4, -0.2) is 24.3 Å². The lowest BCUT2D eigenvalue weighted by molar-refractivity contribution is 0.125. The summed E-state index contributed by atoms with van der Waals surface area (Å²) in [6, 6.07) is 11.2. The summed E-state index contributed by atoms with van der Waals surface area (Å²) < 4.78 is 0. The summed E-state index contributed by atoms with van der Waals surface area (Å²) in [5, 5.41) is 13.2. The Labute approximate surface area is 117 Å². The van der Waals surface area contributed by atoms with Gasteiger partial charge in [0.25, 0.3) is 0 Å². The van der Waals surface area contributed by atoms with Gasteiger partial charge in [0, 0.05) is 24.6 Å². The van der Waals surface area contributed by atoms with Crippen LogP contribution in [0.2, 0.25) is 0 Å². The molecular weight excluding hydrogens is 234 g/mol. The molecule has 2 rings (SSSR count). The molecule has 1 aromatic carbocycles. The normalized spacial score (nSPS) is 19.5. The number of aliphatic hydroxyl groups excluding tert-OH is 1. The Hall–Kier alpha value is -0.860. The van der Waals surface area contributed by atoms with E-state index in [2.05, 4.69) is 42.6 Å². The fraction of sp³-hybridized carbons (Fsp3) is 0.647. The summed E-state index contributed by atoms with van der Waals surface area (Å²) in [6.45, 7) is 3.56. The van der Waals surface area contributed by atoms with Crippen molar-refractivity contribution in [3.05, 3.63) is 35.9 Å². The first-order chi connectivity index (χ1) is 9.24. The van der Waals surface area contributed by atoms with Gasteiger partial charge in [-0.2, -0.15) is 0 Å². The fourth-order valence-electron chi connectivity index (χ4n) is 3.04. The average Bonchev–Trinajstić information content (AvgIpc) is 2.93. The molecule has 2 nitrogen and oxygen atoms in total. The molecule has 19 heavy (non-hydrogen) atoms. The van der Waals surface area contributed by atoms with Gasteiger partial charge in [-0.25, -0.2) is 0 Å². The minimum absolute atomic E-state index is 0.168. The summed E-state index contributed by atoms with van der Waals surface area (Å²) in [6.07, 6.45) is 7.21. The van der Waals surface area contributed by atoms with Crippen molar-refractivity contribution in [3.63, 3.8) is 0 Å². The second-order valence-corrected chi connectivity index (χ2v) is 6.17. The van der Waals surface area contributed by atoms with E-state index in [4.69, 9.17) is 0 Å². The lowest BCUT2D eigenvalue weighted by Gasteiger charge is -2.28. The highest BCUT2D eigenvalue weighted by atomic mass is 16.3. The zero-order valence-electron chi connectivity index (χ0n) is 12.1. The van der Waals surface area contributed by atoms with Gasteiger partial charge in [0.05, 0.1) is 0 Å². The first kappa shape index (κ1) is 14.5. The van der Waals surface area contributed by atoms with Crippen molar-refractivity contribution in [2.75, 3.05) is 13.2 Å². The number of hydrogen-bond acceptors (Lipinski definition) is 2. The summed E-state index contributed by atoms with van der Waals surface area (Å²) in [7, 11) is 0. The van der Waals surface area contributed by atoms with E-state index in [0.717, 1.165) is 19.4 Å². The van der Waals surface area contributed by atoms with E-state index in [1.165, 1.54) is 31.2 Å². The highest BCUT2D eigenvalue weighted by molar-refractivity contribution is 5.14. The van der Waals surface area contributed by atoms with Crippen molar-refractivity contribution in [2.45, 2.75) is 51.5 Å². The van der Waals surface area contributed by atoms with Crippen molar-refractivity contribution in [1.29, 1.82) is 0 Å². The summed E-state index contributed by atoms with van der Waals surface area (Å²) in [5.74, 6) is 0. The zero-order valence-corrected chi connectivity index (χ0v) is 12.1. The Balaban J connectivity index is 1.71. The van der Waals surface area contributed by atoms with Crippen molar-refractivity contribution >= 4 is 0 Å². The minimum Gasteiger partial charge on any atom is -0.396 e. The average molecular weight is 261 g/mol. The summed E-state index contributed by atoms with van der Waals surface area (Å²) >= 11 is 0. The van der Waals surface area contributed by atoms with Crippen molar-refractivity contribution in [1.82, 2.24) is 5.32 Å². The minimum atomic E-state index is 0.168. The number of aryl methyl sites for hydroxylation is 1. The molecule has 1 aromatic rings. The summed E-state index contributed by atoms with van der Waals surface area (Å²) in [4.78, 5) is 0. The second kappa shape index (κ2) is 7.06. The Morgan fingerprint density at radius 1 is 1.21 bits per heavy atom. The molecule has 1 aliphatic rings. The van der Waals surface area contributed by atoms with Gasteiger partial charge in [-0.15, -0.1) is 0 Å². The van der Waals surface area contributed by atoms with E-state index in [0.29, 0.717) is 12.6 Å². The van der Waals surface area contributed by atoms with Crippen LogP contribution in [0.5, 0.6) is 0 Å². The summed E-state index contributed by atoms with van der Waals surface area (Å²) in [5.41, 5.74) is 1.58. The van der Waals surface area contributed by atoms with Crippen molar-refractivity contribution in [2.24, 2.45) is 5.41 Å². The van der Waals surface area contributed by atoms with Crippen molar-refractivity contribution in [3.8, 4) is 0 Å². The van der Waals surface area contributed by atoms with Gasteiger partial charge in [0.1, 0.15) is 0 Å². The van der Waals surface area contributed by atoms with Gasteiger partial charge in [-0.3, -0.25) is 0 Å². The molecule has 0 saturated heterocycles. The molecule has 0 radical (unpaired) electrons. The maximum atomic E-state index is 9.60. The van der Waals surface area contributed by atoms with Gasteiger partial charge in [0.15, 0.2) is 0 Å². The number of benzene rings is 1. The number of hydrogen-bond donors (Lipinski definition) is 2. The lowest BCUT2D eigenvalue weighted by Crippen LogP contribution is -2.39. The highest BCUT2D eigenvalue weighted by Gasteiger charge is 2.32. The highest BCUT2D eigenvalue weighted by Crippen LogP contribution is 2.37. The monoisotopic (exact) mass is 261 g/mol. The van der Waals surface area contributed by atoms with E-state index in [1.807, 2.05) is 0 Å². The van der Waals surface area contributed by atoms with Crippen LogP contribution in [0, 0.1) is 5.41 Å². The third kappa shape index (κ3) is 4.32. The van der Waals surface area contributed by atoms with Crippen LogP contribution >= 0.6 is 0 Å². The molecule has 1 fully saturated rings. The van der Waals surface area contributed by atoms with E-state index in [9.17, 15) is 5.11 Å². The smallest absolute Gasteiger partial charge is 0.0499 e. The van der Waals surface area contributed by atoms with E-state index >= 15 is 0 Å². The third-order valence-corrected chi connectivity index (χ3v) is 4.53. The van der Waals surface area contributed by atoms with Crippen LogP contribution in [0.1, 0.15) is 44.6 Å². The largest absolute Gasteiger partial charge is 0.396 e. The molecule has 0 aliphatic heterocycles. The van der Waals surface area contributed by atoms with Crippen LogP contribution in [0.15, 0.2) is 30.3 Å². The Morgan fingerprint density at radius 2 is 1.89 bits per heavy atom. The molecule has 0 spiro atoms. The SMILES string of the molecule is C[C@H](CCc1ccccc1)NCC1(CO)CCCC1. The van der Waals surface area contributed by atoms with Gasteiger partial charge >= 0.3 is 0 Å². The second-order valence-electron chi connectivity index (χ2n) is 6.17. The molecule has 1 atom stereocenters. The molecule has 0 heterocycles. The molecular formula is C17H27NO. The molecule has 1 aliphatic carbocycles. The lowest BCUT2D eigenvalue weighted by atomic mass is 9.87. The Bertz CT molecular complexity index is 357. The predicted molar refractivity (Wildman–Crippen MR) is 80.2 cm³/mol. The Morgan fingerprint density at radius 3 is 2.53 bits per heavy atom. The van der Waals surface area contributed by atoms with Crippen LogP contribution in [-0.2, 0) is 6.42 Å². The molecule has 106 valence electrons. The third-order valence-electron chi connectivity index (χ3n) is 4.53. The number of rotatable bonds is 7. The van der Waals surface area contributed by atoms with Gasteiger partial charge in [-0.1, -0.05) is 43.2 Å². The zero-order chi connectivity index (χ0) is 13.6. The van der Waals surface area contributed by atoms with Crippen LogP contribution in [0.25, 0.3) is 0 Å². The van der Waals surface area contributed by atoms with Crippen LogP contribution in [0.4, 0.5) is 0 Å². The maximum Gasteiger partial charge on any atom is 0.0499 e. The number of aliphatic hydroxyl groups is 1.